The first-order valence-electron chi connectivity index (χ1n) is 8.07. The lowest BCUT2D eigenvalue weighted by Crippen LogP contribution is -2.51. The molecule has 2 amide bonds. The Hall–Kier alpha value is -3.23. The first kappa shape index (κ1) is 17.6. The van der Waals surface area contributed by atoms with Crippen LogP contribution in [-0.4, -0.2) is 57.3 Å². The summed E-state index contributed by atoms with van der Waals surface area (Å²) < 4.78 is 14.9. The number of carbonyl (C=O) groups excluding carboxylic acids is 2. The van der Waals surface area contributed by atoms with Crippen LogP contribution in [0.3, 0.4) is 0 Å². The highest BCUT2D eigenvalue weighted by atomic mass is 19.1. The Labute approximate surface area is 147 Å². The first-order valence-corrected chi connectivity index (χ1v) is 8.07. The largest absolute Gasteiger partial charge is 0.338 e. The second-order valence-corrected chi connectivity index (χ2v) is 5.89. The second kappa shape index (κ2) is 7.34. The molecule has 0 bridgehead atoms. The molecule has 0 atom stereocenters. The fourth-order valence-electron chi connectivity index (χ4n) is 2.78. The molecule has 26 heavy (non-hydrogen) atoms. The number of nitrogens with one attached hydrogen (secondary N) is 1. The molecule has 2 heterocycles. The molecule has 0 aliphatic carbocycles. The maximum Gasteiger partial charge on any atom is 0.328 e. The summed E-state index contributed by atoms with van der Waals surface area (Å²) in [4.78, 5) is 52.5. The number of halogens is 1. The van der Waals surface area contributed by atoms with E-state index in [4.69, 9.17) is 0 Å². The first-order chi connectivity index (χ1) is 12.5. The van der Waals surface area contributed by atoms with Gasteiger partial charge < -0.3 is 9.80 Å². The van der Waals surface area contributed by atoms with Crippen LogP contribution >= 0.6 is 0 Å². The number of benzene rings is 1. The Morgan fingerprint density at radius 3 is 2.31 bits per heavy atom. The van der Waals surface area contributed by atoms with Gasteiger partial charge in [0.1, 0.15) is 12.4 Å². The van der Waals surface area contributed by atoms with Crippen LogP contribution in [0, 0.1) is 5.82 Å². The van der Waals surface area contributed by atoms with E-state index >= 15 is 0 Å². The van der Waals surface area contributed by atoms with Crippen molar-refractivity contribution in [1.29, 1.82) is 0 Å². The van der Waals surface area contributed by atoms with Crippen molar-refractivity contribution >= 4 is 11.8 Å². The van der Waals surface area contributed by atoms with Gasteiger partial charge in [-0.1, -0.05) is 12.1 Å². The third kappa shape index (κ3) is 3.71. The number of hydrogen-bond donors (Lipinski definition) is 1. The molecule has 9 heteroatoms. The van der Waals surface area contributed by atoms with Crippen molar-refractivity contribution in [3.8, 4) is 0 Å². The molecule has 0 spiro atoms. The standard InChI is InChI=1S/C17H17FN4O4/c18-13-4-2-1-3-12(13)16(25)21-9-7-20(8-10-21)15(24)11-22-6-5-14(23)19-17(22)26/h1-6H,7-11H2,(H,19,23,26). The molecule has 0 radical (unpaired) electrons. The van der Waals surface area contributed by atoms with Crippen molar-refractivity contribution in [2.45, 2.75) is 6.54 Å². The third-order valence-corrected chi connectivity index (χ3v) is 4.23. The Bertz CT molecular complexity index is 944. The number of rotatable bonds is 3. The van der Waals surface area contributed by atoms with Gasteiger partial charge in [0, 0.05) is 38.4 Å². The average molecular weight is 360 g/mol. The van der Waals surface area contributed by atoms with Gasteiger partial charge in [0.05, 0.1) is 5.56 Å². The van der Waals surface area contributed by atoms with E-state index in [0.717, 1.165) is 4.57 Å². The minimum atomic E-state index is -0.654. The second-order valence-electron chi connectivity index (χ2n) is 5.89. The van der Waals surface area contributed by atoms with E-state index < -0.39 is 23.0 Å². The van der Waals surface area contributed by atoms with Gasteiger partial charge in [0.15, 0.2) is 0 Å². The van der Waals surface area contributed by atoms with Gasteiger partial charge >= 0.3 is 5.69 Å². The Morgan fingerprint density at radius 2 is 1.65 bits per heavy atom. The van der Waals surface area contributed by atoms with Gasteiger partial charge in [-0.05, 0) is 12.1 Å². The summed E-state index contributed by atoms with van der Waals surface area (Å²) in [5.41, 5.74) is -1.18. The van der Waals surface area contributed by atoms with Crippen LogP contribution in [0.2, 0.25) is 0 Å². The average Bonchev–Trinajstić information content (AvgIpc) is 2.64. The fourth-order valence-corrected chi connectivity index (χ4v) is 2.78. The van der Waals surface area contributed by atoms with Crippen molar-refractivity contribution in [3.05, 3.63) is 68.7 Å². The summed E-state index contributed by atoms with van der Waals surface area (Å²) in [7, 11) is 0. The topological polar surface area (TPSA) is 95.5 Å². The van der Waals surface area contributed by atoms with E-state index in [1.165, 1.54) is 40.3 Å². The summed E-state index contributed by atoms with van der Waals surface area (Å²) in [6, 6.07) is 6.94. The van der Waals surface area contributed by atoms with E-state index in [1.807, 2.05) is 0 Å². The molecule has 1 aliphatic heterocycles. The highest BCUT2D eigenvalue weighted by molar-refractivity contribution is 5.94. The smallest absolute Gasteiger partial charge is 0.328 e. The monoisotopic (exact) mass is 360 g/mol. The number of amides is 2. The zero-order valence-corrected chi connectivity index (χ0v) is 13.9. The van der Waals surface area contributed by atoms with Gasteiger partial charge in [-0.15, -0.1) is 0 Å². The highest BCUT2D eigenvalue weighted by Gasteiger charge is 2.26. The van der Waals surface area contributed by atoms with Crippen LogP contribution in [0.1, 0.15) is 10.4 Å². The SMILES string of the molecule is O=C(Cn1ccc(=O)[nH]c1=O)N1CCN(C(=O)c2ccccc2F)CC1. The van der Waals surface area contributed by atoms with Crippen molar-refractivity contribution in [1.82, 2.24) is 19.4 Å². The molecule has 1 aliphatic rings. The summed E-state index contributed by atoms with van der Waals surface area (Å²) in [6.45, 7) is 0.935. The third-order valence-electron chi connectivity index (χ3n) is 4.23. The molecule has 1 aromatic carbocycles. The summed E-state index contributed by atoms with van der Waals surface area (Å²) in [5, 5.41) is 0. The zero-order chi connectivity index (χ0) is 18.7. The van der Waals surface area contributed by atoms with Crippen LogP contribution in [0.4, 0.5) is 4.39 Å². The van der Waals surface area contributed by atoms with E-state index in [0.29, 0.717) is 0 Å². The van der Waals surface area contributed by atoms with Crippen molar-refractivity contribution in [3.63, 3.8) is 0 Å². The zero-order valence-electron chi connectivity index (χ0n) is 13.9. The molecule has 8 nitrogen and oxygen atoms in total. The molecule has 1 fully saturated rings. The lowest BCUT2D eigenvalue weighted by Gasteiger charge is -2.35. The van der Waals surface area contributed by atoms with Crippen molar-refractivity contribution in [2.75, 3.05) is 26.2 Å². The number of carbonyl (C=O) groups is 2. The van der Waals surface area contributed by atoms with Crippen molar-refractivity contribution in [2.24, 2.45) is 0 Å². The van der Waals surface area contributed by atoms with Gasteiger partial charge in [-0.2, -0.15) is 0 Å². The Balaban J connectivity index is 1.60. The predicted molar refractivity (Wildman–Crippen MR) is 90.2 cm³/mol. The normalized spacial score (nSPS) is 14.3. The van der Waals surface area contributed by atoms with Crippen LogP contribution < -0.4 is 11.2 Å². The van der Waals surface area contributed by atoms with E-state index in [9.17, 15) is 23.6 Å². The van der Waals surface area contributed by atoms with Gasteiger partial charge in [0.2, 0.25) is 5.91 Å². The summed E-state index contributed by atoms with van der Waals surface area (Å²) in [6.07, 6.45) is 1.26. The van der Waals surface area contributed by atoms with E-state index in [2.05, 4.69) is 4.98 Å². The number of H-pyrrole nitrogens is 1. The van der Waals surface area contributed by atoms with Crippen LogP contribution in [0.15, 0.2) is 46.1 Å². The van der Waals surface area contributed by atoms with E-state index in [1.54, 1.807) is 6.07 Å². The summed E-state index contributed by atoms with van der Waals surface area (Å²) >= 11 is 0. The lowest BCUT2D eigenvalue weighted by atomic mass is 10.1. The molecular weight excluding hydrogens is 343 g/mol. The molecule has 136 valence electrons. The van der Waals surface area contributed by atoms with Crippen LogP contribution in [-0.2, 0) is 11.3 Å². The number of piperazine rings is 1. The lowest BCUT2D eigenvalue weighted by molar-refractivity contribution is -0.133. The predicted octanol–water partition coefficient (Wildman–Crippen LogP) is -0.340. The minimum absolute atomic E-state index is 0.00655. The highest BCUT2D eigenvalue weighted by Crippen LogP contribution is 2.12. The van der Waals surface area contributed by atoms with Gasteiger partial charge in [-0.25, -0.2) is 9.18 Å². The van der Waals surface area contributed by atoms with E-state index in [-0.39, 0.29) is 44.2 Å². The number of aromatic nitrogens is 2. The Kier molecular flexibility index (Phi) is 4.97. The minimum Gasteiger partial charge on any atom is -0.338 e. The quantitative estimate of drug-likeness (QED) is 0.810. The molecule has 1 aromatic heterocycles. The number of hydrogen-bond acceptors (Lipinski definition) is 4. The van der Waals surface area contributed by atoms with Crippen LogP contribution in [0.5, 0.6) is 0 Å². The van der Waals surface area contributed by atoms with Crippen molar-refractivity contribution < 1.29 is 14.0 Å². The van der Waals surface area contributed by atoms with Crippen LogP contribution in [0.25, 0.3) is 0 Å². The molecule has 0 saturated carbocycles. The fraction of sp³-hybridized carbons (Fsp3) is 0.294. The van der Waals surface area contributed by atoms with Gasteiger partial charge in [-0.3, -0.25) is 23.9 Å². The van der Waals surface area contributed by atoms with Gasteiger partial charge in [0.25, 0.3) is 11.5 Å². The molecular formula is C17H17FN4O4. The molecule has 0 unspecified atom stereocenters. The maximum atomic E-state index is 13.7. The Morgan fingerprint density at radius 1 is 1.00 bits per heavy atom. The molecule has 2 aromatic rings. The number of nitrogens with zero attached hydrogens (tertiary/aromatic N) is 3. The molecule has 3 rings (SSSR count). The number of aromatic amines is 1. The summed E-state index contributed by atoms with van der Waals surface area (Å²) in [5.74, 6) is -1.28. The molecule has 1 N–H and O–H groups in total. The maximum absolute atomic E-state index is 13.7. The molecule has 1 saturated heterocycles.